The minimum atomic E-state index is -4.52. The van der Waals surface area contributed by atoms with Gasteiger partial charge in [-0.3, -0.25) is 10.2 Å². The van der Waals surface area contributed by atoms with E-state index < -0.39 is 30.5 Å². The van der Waals surface area contributed by atoms with Crippen molar-refractivity contribution in [3.8, 4) is 17.3 Å². The maximum Gasteiger partial charge on any atom is 0.416 e. The lowest BCUT2D eigenvalue weighted by molar-refractivity contribution is -0.137. The van der Waals surface area contributed by atoms with E-state index in [1.54, 1.807) is 6.92 Å². The zero-order chi connectivity index (χ0) is 27.0. The lowest BCUT2D eigenvalue weighted by Gasteiger charge is -2.36. The van der Waals surface area contributed by atoms with Crippen LogP contribution in [0.25, 0.3) is 11.4 Å². The van der Waals surface area contributed by atoms with Crippen molar-refractivity contribution in [1.29, 1.82) is 0 Å². The predicted molar refractivity (Wildman–Crippen MR) is 130 cm³/mol. The quantitative estimate of drug-likeness (QED) is 0.438. The molecule has 0 aliphatic carbocycles. The summed E-state index contributed by atoms with van der Waals surface area (Å²) in [7, 11) is 0. The molecular weight excluding hydrogens is 507 g/mol. The molecule has 2 bridgehead atoms. The SMILES string of the molecule is Cc1nc(-c2cccc(C(F)(F)F)c2)nc2c1N1CC[C@@H](C1)N2C(=O)Nc1nccc(OC[C@H](O)CO)n1. The number of aromatic nitrogens is 4. The van der Waals surface area contributed by atoms with Gasteiger partial charge >= 0.3 is 12.2 Å². The van der Waals surface area contributed by atoms with Crippen LogP contribution in [-0.4, -0.2) is 74.6 Å². The van der Waals surface area contributed by atoms with Crippen LogP contribution in [0.4, 0.5) is 35.4 Å². The van der Waals surface area contributed by atoms with E-state index in [1.165, 1.54) is 29.3 Å². The standard InChI is InChI=1S/C24H24F3N7O4/c1-13-19-21(31-20(29-13)14-3-2-4-15(9-14)24(25,26)27)34(16-6-8-33(19)10-16)23(37)32-22-28-7-5-18(30-22)38-12-17(36)11-35/h2-5,7,9,16-17,35-36H,6,8,10-12H2,1H3,(H,28,30,32,37)/t16-,17+/m0/s1. The molecule has 200 valence electrons. The minimum Gasteiger partial charge on any atom is -0.475 e. The molecule has 2 aromatic heterocycles. The molecular formula is C24H24F3N7O4. The molecule has 2 amide bonds. The van der Waals surface area contributed by atoms with E-state index in [9.17, 15) is 23.1 Å². The number of aliphatic hydroxyl groups is 2. The highest BCUT2D eigenvalue weighted by molar-refractivity contribution is 6.04. The Hall–Kier alpha value is -4.04. The van der Waals surface area contributed by atoms with Gasteiger partial charge in [0.15, 0.2) is 11.6 Å². The second-order valence-corrected chi connectivity index (χ2v) is 8.94. The first kappa shape index (κ1) is 25.6. The van der Waals surface area contributed by atoms with Gasteiger partial charge in [0.2, 0.25) is 11.8 Å². The van der Waals surface area contributed by atoms with Crippen LogP contribution in [0.1, 0.15) is 17.7 Å². The average Bonchev–Trinajstić information content (AvgIpc) is 3.29. The summed E-state index contributed by atoms with van der Waals surface area (Å²) in [5, 5.41) is 21.0. The van der Waals surface area contributed by atoms with Gasteiger partial charge in [0, 0.05) is 30.9 Å². The number of nitrogens with one attached hydrogen (secondary N) is 1. The summed E-state index contributed by atoms with van der Waals surface area (Å²) in [6.07, 6.45) is -3.59. The van der Waals surface area contributed by atoms with Gasteiger partial charge in [0.1, 0.15) is 18.4 Å². The van der Waals surface area contributed by atoms with Crippen molar-refractivity contribution in [3.05, 3.63) is 47.8 Å². The van der Waals surface area contributed by atoms with Gasteiger partial charge in [0.25, 0.3) is 0 Å². The summed E-state index contributed by atoms with van der Waals surface area (Å²) in [4.78, 5) is 34.2. The van der Waals surface area contributed by atoms with Gasteiger partial charge in [-0.2, -0.15) is 18.2 Å². The number of ether oxygens (including phenoxy) is 1. The van der Waals surface area contributed by atoms with Crippen molar-refractivity contribution in [2.24, 2.45) is 0 Å². The number of benzene rings is 1. The molecule has 5 rings (SSSR count). The van der Waals surface area contributed by atoms with Gasteiger partial charge in [-0.25, -0.2) is 19.7 Å². The van der Waals surface area contributed by atoms with E-state index in [4.69, 9.17) is 9.84 Å². The number of aliphatic hydroxyl groups excluding tert-OH is 2. The number of hydrogen-bond acceptors (Lipinski definition) is 9. The summed E-state index contributed by atoms with van der Waals surface area (Å²) in [5.74, 6) is 0.382. The number of fused-ring (bicyclic) bond motifs is 4. The van der Waals surface area contributed by atoms with Crippen LogP contribution in [0, 0.1) is 6.92 Å². The maximum absolute atomic E-state index is 13.5. The van der Waals surface area contributed by atoms with Crippen molar-refractivity contribution in [3.63, 3.8) is 0 Å². The van der Waals surface area contributed by atoms with E-state index >= 15 is 0 Å². The van der Waals surface area contributed by atoms with Crippen molar-refractivity contribution in [2.75, 3.05) is 41.4 Å². The van der Waals surface area contributed by atoms with Gasteiger partial charge < -0.3 is 19.8 Å². The molecule has 0 spiro atoms. The number of carbonyl (C=O) groups excluding carboxylic acids is 1. The van der Waals surface area contributed by atoms with Gasteiger partial charge in [-0.15, -0.1) is 0 Å². The Morgan fingerprint density at radius 2 is 2.08 bits per heavy atom. The third-order valence-corrected chi connectivity index (χ3v) is 6.26. The number of halogens is 3. The second kappa shape index (κ2) is 10.0. The Bertz CT molecular complexity index is 1360. The Morgan fingerprint density at radius 1 is 1.26 bits per heavy atom. The van der Waals surface area contributed by atoms with Crippen LogP contribution in [0.2, 0.25) is 0 Å². The number of aryl methyl sites for hydroxylation is 1. The van der Waals surface area contributed by atoms with Gasteiger partial charge in [-0.05, 0) is 25.5 Å². The van der Waals surface area contributed by atoms with Crippen molar-refractivity contribution < 1.29 is 32.9 Å². The Kier molecular flexibility index (Phi) is 6.75. The largest absolute Gasteiger partial charge is 0.475 e. The topological polar surface area (TPSA) is 137 Å². The number of hydrogen-bond donors (Lipinski definition) is 3. The molecule has 1 aromatic carbocycles. The summed E-state index contributed by atoms with van der Waals surface area (Å²) in [6, 6.07) is 5.37. The lowest BCUT2D eigenvalue weighted by Crippen LogP contribution is -2.48. The molecule has 1 fully saturated rings. The first-order valence-electron chi connectivity index (χ1n) is 11.8. The molecule has 38 heavy (non-hydrogen) atoms. The number of amides is 2. The normalized spacial score (nSPS) is 17.3. The Morgan fingerprint density at radius 3 is 2.84 bits per heavy atom. The number of rotatable bonds is 6. The maximum atomic E-state index is 13.5. The highest BCUT2D eigenvalue weighted by Crippen LogP contribution is 2.42. The van der Waals surface area contributed by atoms with Crippen LogP contribution >= 0.6 is 0 Å². The van der Waals surface area contributed by atoms with Crippen LogP contribution in [0.3, 0.4) is 0 Å². The second-order valence-electron chi connectivity index (χ2n) is 8.94. The fraction of sp³-hybridized carbons (Fsp3) is 0.375. The first-order chi connectivity index (χ1) is 18.1. The molecule has 2 atom stereocenters. The number of carbonyl (C=O) groups is 1. The van der Waals surface area contributed by atoms with Crippen LogP contribution < -0.4 is 19.9 Å². The highest BCUT2D eigenvalue weighted by Gasteiger charge is 2.42. The highest BCUT2D eigenvalue weighted by atomic mass is 19.4. The van der Waals surface area contributed by atoms with Crippen LogP contribution in [-0.2, 0) is 6.18 Å². The molecule has 0 saturated carbocycles. The molecule has 0 radical (unpaired) electrons. The molecule has 2 aliphatic rings. The van der Waals surface area contributed by atoms with E-state index in [0.29, 0.717) is 30.9 Å². The number of alkyl halides is 3. The molecule has 11 nitrogen and oxygen atoms in total. The van der Waals surface area contributed by atoms with Crippen LogP contribution in [0.5, 0.6) is 5.88 Å². The fourth-order valence-corrected chi connectivity index (χ4v) is 4.52. The summed E-state index contributed by atoms with van der Waals surface area (Å²) in [5.41, 5.74) is 0.533. The van der Waals surface area contributed by atoms with Crippen molar-refractivity contribution in [2.45, 2.75) is 31.7 Å². The zero-order valence-electron chi connectivity index (χ0n) is 20.2. The predicted octanol–water partition coefficient (Wildman–Crippen LogP) is 2.62. The third-order valence-electron chi connectivity index (χ3n) is 6.26. The monoisotopic (exact) mass is 531 g/mol. The Balaban J connectivity index is 1.46. The van der Waals surface area contributed by atoms with Crippen molar-refractivity contribution >= 4 is 23.5 Å². The van der Waals surface area contributed by atoms with Gasteiger partial charge in [-0.1, -0.05) is 12.1 Å². The fourth-order valence-electron chi connectivity index (χ4n) is 4.52. The molecule has 2 aliphatic heterocycles. The summed E-state index contributed by atoms with van der Waals surface area (Å²) >= 11 is 0. The molecule has 3 N–H and O–H groups in total. The Labute approximate surface area is 214 Å². The zero-order valence-corrected chi connectivity index (χ0v) is 20.2. The molecule has 0 unspecified atom stereocenters. The van der Waals surface area contributed by atoms with Crippen LogP contribution in [0.15, 0.2) is 36.5 Å². The third kappa shape index (κ3) is 5.04. The van der Waals surface area contributed by atoms with E-state index in [2.05, 4.69) is 30.2 Å². The van der Waals surface area contributed by atoms with E-state index in [1.807, 2.05) is 0 Å². The average molecular weight is 531 g/mol. The lowest BCUT2D eigenvalue weighted by atomic mass is 10.1. The number of nitrogens with zero attached hydrogens (tertiary/aromatic N) is 6. The number of urea groups is 1. The summed E-state index contributed by atoms with van der Waals surface area (Å²) < 4.78 is 45.2. The molecule has 14 heteroatoms. The number of anilines is 3. The minimum absolute atomic E-state index is 0.0585. The van der Waals surface area contributed by atoms with E-state index in [-0.39, 0.29) is 41.7 Å². The first-order valence-corrected chi connectivity index (χ1v) is 11.8. The molecule has 1 saturated heterocycles. The summed E-state index contributed by atoms with van der Waals surface area (Å²) in [6.45, 7) is 2.27. The molecule has 3 aromatic rings. The van der Waals surface area contributed by atoms with E-state index in [0.717, 1.165) is 12.1 Å². The van der Waals surface area contributed by atoms with Crippen molar-refractivity contribution in [1.82, 2.24) is 19.9 Å². The molecule has 4 heterocycles. The van der Waals surface area contributed by atoms with Gasteiger partial charge in [0.05, 0.1) is 23.9 Å². The smallest absolute Gasteiger partial charge is 0.416 e.